The quantitative estimate of drug-likeness (QED) is 0.569. The van der Waals surface area contributed by atoms with Crippen LogP contribution in [0.3, 0.4) is 0 Å². The lowest BCUT2D eigenvalue weighted by molar-refractivity contribution is -0.119. The van der Waals surface area contributed by atoms with E-state index in [0.29, 0.717) is 17.9 Å². The highest BCUT2D eigenvalue weighted by atomic mass is 16.5. The molecule has 1 fully saturated rings. The summed E-state index contributed by atoms with van der Waals surface area (Å²) in [5.74, 6) is 0.0239. The number of carbonyl (C=O) groups is 2. The van der Waals surface area contributed by atoms with Crippen LogP contribution in [0, 0.1) is 0 Å². The van der Waals surface area contributed by atoms with Crippen molar-refractivity contribution < 1.29 is 14.3 Å². The minimum absolute atomic E-state index is 0.0347. The Hall–Kier alpha value is -3.64. The van der Waals surface area contributed by atoms with Gasteiger partial charge < -0.3 is 19.9 Å². The smallest absolute Gasteiger partial charge is 0.228 e. The van der Waals surface area contributed by atoms with Gasteiger partial charge in [-0.25, -0.2) is 0 Å². The summed E-state index contributed by atoms with van der Waals surface area (Å²) >= 11 is 0. The van der Waals surface area contributed by atoms with Gasteiger partial charge in [0.25, 0.3) is 0 Å². The molecule has 1 unspecified atom stereocenters. The molecule has 1 saturated heterocycles. The Morgan fingerprint density at radius 3 is 2.56 bits per heavy atom. The second-order valence-corrected chi connectivity index (χ2v) is 8.80. The zero-order valence-electron chi connectivity index (χ0n) is 19.4. The number of fused-ring (bicyclic) bond motifs is 1. The van der Waals surface area contributed by atoms with Crippen molar-refractivity contribution in [3.05, 3.63) is 89.5 Å². The maximum absolute atomic E-state index is 13.7. The summed E-state index contributed by atoms with van der Waals surface area (Å²) in [4.78, 5) is 31.2. The zero-order valence-corrected chi connectivity index (χ0v) is 19.4. The van der Waals surface area contributed by atoms with E-state index in [1.165, 1.54) is 0 Å². The summed E-state index contributed by atoms with van der Waals surface area (Å²) in [5, 5.41) is 3.39. The van der Waals surface area contributed by atoms with Gasteiger partial charge in [-0.05, 0) is 41.5 Å². The van der Waals surface area contributed by atoms with E-state index in [1.54, 1.807) is 19.2 Å². The van der Waals surface area contributed by atoms with Gasteiger partial charge in [-0.15, -0.1) is 0 Å². The van der Waals surface area contributed by atoms with E-state index in [0.717, 1.165) is 48.7 Å². The molecule has 5 rings (SSSR count). The highest BCUT2D eigenvalue weighted by Crippen LogP contribution is 2.41. The van der Waals surface area contributed by atoms with Gasteiger partial charge in [0.2, 0.25) is 5.91 Å². The van der Waals surface area contributed by atoms with Crippen molar-refractivity contribution in [1.29, 1.82) is 0 Å². The van der Waals surface area contributed by atoms with E-state index in [4.69, 9.17) is 4.74 Å². The van der Waals surface area contributed by atoms with Crippen LogP contribution in [0.15, 0.2) is 72.8 Å². The minimum Gasteiger partial charge on any atom is -0.497 e. The standard InChI is InChI=1S/C28H29N3O3/c1-34-23-9-5-8-21(16-23)28(33)25-18-27(32)31(19-20-6-3-2-4-7-20)26-11-10-22(17-24(25)26)30-14-12-29-13-15-30/h2-11,16-17,25,29H,12-15,18-19H2,1H3. The third kappa shape index (κ3) is 4.41. The molecule has 2 aliphatic heterocycles. The number of methoxy groups -OCH3 is 1. The van der Waals surface area contributed by atoms with Crippen LogP contribution in [0.1, 0.15) is 33.8 Å². The molecular weight excluding hydrogens is 426 g/mol. The Morgan fingerprint density at radius 2 is 1.79 bits per heavy atom. The van der Waals surface area contributed by atoms with Crippen molar-refractivity contribution in [2.45, 2.75) is 18.9 Å². The van der Waals surface area contributed by atoms with Gasteiger partial charge in [0.15, 0.2) is 5.78 Å². The van der Waals surface area contributed by atoms with Crippen molar-refractivity contribution in [2.24, 2.45) is 0 Å². The normalized spacial score (nSPS) is 17.9. The Kier molecular flexibility index (Phi) is 6.32. The molecule has 2 heterocycles. The monoisotopic (exact) mass is 455 g/mol. The Balaban J connectivity index is 1.55. The number of nitrogens with one attached hydrogen (secondary N) is 1. The molecule has 6 nitrogen and oxygen atoms in total. The number of ketones is 1. The first-order valence-corrected chi connectivity index (χ1v) is 11.8. The van der Waals surface area contributed by atoms with Gasteiger partial charge in [0, 0.05) is 49.5 Å². The first-order chi connectivity index (χ1) is 16.6. The SMILES string of the molecule is COc1cccc(C(=O)C2CC(=O)N(Cc3ccccc3)c3ccc(N4CCNCC4)cc32)c1. The molecule has 0 radical (unpaired) electrons. The summed E-state index contributed by atoms with van der Waals surface area (Å²) in [6, 6.07) is 23.4. The fourth-order valence-corrected chi connectivity index (χ4v) is 4.87. The van der Waals surface area contributed by atoms with E-state index in [-0.39, 0.29) is 18.1 Å². The maximum Gasteiger partial charge on any atom is 0.228 e. The van der Waals surface area contributed by atoms with Crippen LogP contribution in [0.2, 0.25) is 0 Å². The number of ether oxygens (including phenoxy) is 1. The summed E-state index contributed by atoms with van der Waals surface area (Å²) < 4.78 is 5.32. The minimum atomic E-state index is -0.524. The largest absolute Gasteiger partial charge is 0.497 e. The second-order valence-electron chi connectivity index (χ2n) is 8.80. The number of hydrogen-bond acceptors (Lipinski definition) is 5. The fourth-order valence-electron chi connectivity index (χ4n) is 4.87. The number of Topliss-reactive ketones (excluding diaryl/α,β-unsaturated/α-hetero) is 1. The van der Waals surface area contributed by atoms with Crippen molar-refractivity contribution in [3.8, 4) is 5.75 Å². The number of carbonyl (C=O) groups excluding carboxylic acids is 2. The molecule has 3 aromatic rings. The lowest BCUT2D eigenvalue weighted by atomic mass is 9.83. The Morgan fingerprint density at radius 1 is 1.00 bits per heavy atom. The van der Waals surface area contributed by atoms with Crippen molar-refractivity contribution in [3.63, 3.8) is 0 Å². The van der Waals surface area contributed by atoms with E-state index >= 15 is 0 Å². The number of amides is 1. The van der Waals surface area contributed by atoms with Crippen molar-refractivity contribution in [2.75, 3.05) is 43.1 Å². The highest BCUT2D eigenvalue weighted by molar-refractivity contribution is 6.09. The molecular formula is C28H29N3O3. The van der Waals surface area contributed by atoms with Crippen molar-refractivity contribution >= 4 is 23.1 Å². The maximum atomic E-state index is 13.7. The Bertz CT molecular complexity index is 1190. The number of benzene rings is 3. The van der Waals surface area contributed by atoms with Gasteiger partial charge in [0.05, 0.1) is 19.6 Å². The van der Waals surface area contributed by atoms with Gasteiger partial charge in [-0.3, -0.25) is 9.59 Å². The predicted molar refractivity (Wildman–Crippen MR) is 134 cm³/mol. The zero-order chi connectivity index (χ0) is 23.5. The summed E-state index contributed by atoms with van der Waals surface area (Å²) in [6.45, 7) is 4.18. The molecule has 1 atom stereocenters. The lowest BCUT2D eigenvalue weighted by Gasteiger charge is -2.36. The number of nitrogens with zero attached hydrogens (tertiary/aromatic N) is 2. The molecule has 34 heavy (non-hydrogen) atoms. The molecule has 174 valence electrons. The van der Waals surface area contributed by atoms with Crippen molar-refractivity contribution in [1.82, 2.24) is 5.32 Å². The number of piperazine rings is 1. The van der Waals surface area contributed by atoms with Crippen LogP contribution in [0.5, 0.6) is 5.75 Å². The first kappa shape index (κ1) is 22.2. The summed E-state index contributed by atoms with van der Waals surface area (Å²) in [5.41, 5.74) is 4.45. The predicted octanol–water partition coefficient (Wildman–Crippen LogP) is 4.01. The average molecular weight is 456 g/mol. The third-order valence-corrected chi connectivity index (χ3v) is 6.69. The lowest BCUT2D eigenvalue weighted by Crippen LogP contribution is -2.44. The molecule has 0 aromatic heterocycles. The number of rotatable bonds is 6. The first-order valence-electron chi connectivity index (χ1n) is 11.8. The van der Waals surface area contributed by atoms with E-state index in [9.17, 15) is 9.59 Å². The highest BCUT2D eigenvalue weighted by Gasteiger charge is 2.36. The summed E-state index contributed by atoms with van der Waals surface area (Å²) in [7, 11) is 1.59. The van der Waals surface area contributed by atoms with Crippen LogP contribution < -0.4 is 19.9 Å². The molecule has 1 N–H and O–H groups in total. The molecule has 0 aliphatic carbocycles. The number of hydrogen-bond donors (Lipinski definition) is 1. The van der Waals surface area contributed by atoms with Gasteiger partial charge >= 0.3 is 0 Å². The molecule has 0 saturated carbocycles. The van der Waals surface area contributed by atoms with Crippen LogP contribution in [-0.4, -0.2) is 45.0 Å². The Labute approximate surface area is 200 Å². The van der Waals surface area contributed by atoms with Crippen LogP contribution in [-0.2, 0) is 11.3 Å². The fraction of sp³-hybridized carbons (Fsp3) is 0.286. The third-order valence-electron chi connectivity index (χ3n) is 6.69. The molecule has 6 heteroatoms. The molecule has 2 aliphatic rings. The topological polar surface area (TPSA) is 61.9 Å². The average Bonchev–Trinajstić information content (AvgIpc) is 2.90. The van der Waals surface area contributed by atoms with E-state index in [2.05, 4.69) is 22.3 Å². The van der Waals surface area contributed by atoms with E-state index in [1.807, 2.05) is 53.4 Å². The molecule has 1 amide bonds. The molecule has 0 spiro atoms. The summed E-state index contributed by atoms with van der Waals surface area (Å²) in [6.07, 6.45) is 0.154. The van der Waals surface area contributed by atoms with Crippen LogP contribution in [0.25, 0.3) is 0 Å². The van der Waals surface area contributed by atoms with Gasteiger partial charge in [0.1, 0.15) is 5.75 Å². The van der Waals surface area contributed by atoms with Gasteiger partial charge in [-0.2, -0.15) is 0 Å². The second kappa shape index (κ2) is 9.69. The molecule has 3 aromatic carbocycles. The van der Waals surface area contributed by atoms with Crippen LogP contribution >= 0.6 is 0 Å². The molecule has 0 bridgehead atoms. The van der Waals surface area contributed by atoms with Gasteiger partial charge in [-0.1, -0.05) is 42.5 Å². The van der Waals surface area contributed by atoms with Crippen LogP contribution in [0.4, 0.5) is 11.4 Å². The van der Waals surface area contributed by atoms with E-state index < -0.39 is 5.92 Å². The number of anilines is 2.